The van der Waals surface area contributed by atoms with Gasteiger partial charge in [-0.2, -0.15) is 5.10 Å². The predicted octanol–water partition coefficient (Wildman–Crippen LogP) is -0.334. The molecule has 0 fully saturated rings. The highest BCUT2D eigenvalue weighted by atomic mass is 16.2. The van der Waals surface area contributed by atoms with Gasteiger partial charge in [-0.05, 0) is 13.3 Å². The standard InChI is InChI=1S/C11H13N5O3/c1-6-8(10(18)16-11(19)14-6)2-3-9(17)15-7-4-12-13-5-7/h4-5H,2-3H2,1H3,(H,12,13)(H,15,17)(H2,14,16,18,19). The van der Waals surface area contributed by atoms with Crippen LogP contribution in [0.2, 0.25) is 0 Å². The van der Waals surface area contributed by atoms with Crippen LogP contribution in [0.25, 0.3) is 0 Å². The van der Waals surface area contributed by atoms with Gasteiger partial charge in [-0.3, -0.25) is 19.7 Å². The third-order valence-electron chi connectivity index (χ3n) is 2.64. The molecular formula is C11H13N5O3. The maximum absolute atomic E-state index is 11.6. The normalized spacial score (nSPS) is 10.4. The van der Waals surface area contributed by atoms with Crippen molar-refractivity contribution in [3.8, 4) is 0 Å². The molecule has 0 aliphatic heterocycles. The number of anilines is 1. The maximum Gasteiger partial charge on any atom is 0.325 e. The number of aryl methyl sites for hydroxylation is 1. The molecule has 2 heterocycles. The number of H-pyrrole nitrogens is 3. The van der Waals surface area contributed by atoms with Crippen LogP contribution >= 0.6 is 0 Å². The third-order valence-corrected chi connectivity index (χ3v) is 2.64. The van der Waals surface area contributed by atoms with Crippen molar-refractivity contribution in [3.05, 3.63) is 44.5 Å². The monoisotopic (exact) mass is 263 g/mol. The SMILES string of the molecule is Cc1[nH]c(=O)[nH]c(=O)c1CCC(=O)Nc1cn[nH]c1. The molecule has 4 N–H and O–H groups in total. The molecule has 2 aromatic rings. The van der Waals surface area contributed by atoms with Crippen LogP contribution in [0.5, 0.6) is 0 Å². The van der Waals surface area contributed by atoms with E-state index in [0.717, 1.165) is 0 Å². The molecule has 0 unspecified atom stereocenters. The molecule has 0 radical (unpaired) electrons. The van der Waals surface area contributed by atoms with Gasteiger partial charge in [-0.25, -0.2) is 4.79 Å². The molecule has 0 aromatic carbocycles. The van der Waals surface area contributed by atoms with Crippen LogP contribution in [0, 0.1) is 6.92 Å². The van der Waals surface area contributed by atoms with Crippen molar-refractivity contribution in [2.45, 2.75) is 19.8 Å². The number of nitrogens with zero attached hydrogens (tertiary/aromatic N) is 1. The summed E-state index contributed by atoms with van der Waals surface area (Å²) < 4.78 is 0. The Labute approximate surface area is 107 Å². The number of carbonyl (C=O) groups excluding carboxylic acids is 1. The van der Waals surface area contributed by atoms with Crippen LogP contribution in [-0.4, -0.2) is 26.1 Å². The Bertz CT molecular complexity index is 683. The zero-order valence-electron chi connectivity index (χ0n) is 10.2. The fourth-order valence-electron chi connectivity index (χ4n) is 1.71. The lowest BCUT2D eigenvalue weighted by Crippen LogP contribution is -2.27. The summed E-state index contributed by atoms with van der Waals surface area (Å²) in [6, 6.07) is 0. The number of aromatic nitrogens is 4. The van der Waals surface area contributed by atoms with Gasteiger partial charge in [-0.1, -0.05) is 0 Å². The number of aromatic amines is 3. The highest BCUT2D eigenvalue weighted by Crippen LogP contribution is 2.04. The van der Waals surface area contributed by atoms with E-state index in [1.54, 1.807) is 13.1 Å². The molecule has 2 rings (SSSR count). The lowest BCUT2D eigenvalue weighted by molar-refractivity contribution is -0.116. The van der Waals surface area contributed by atoms with E-state index in [0.29, 0.717) is 16.9 Å². The van der Waals surface area contributed by atoms with Crippen molar-refractivity contribution in [1.29, 1.82) is 0 Å². The van der Waals surface area contributed by atoms with Gasteiger partial charge in [0.1, 0.15) is 0 Å². The first kappa shape index (κ1) is 12.8. The summed E-state index contributed by atoms with van der Waals surface area (Å²) in [5.41, 5.74) is 0.440. The highest BCUT2D eigenvalue weighted by Gasteiger charge is 2.09. The molecule has 0 saturated heterocycles. The van der Waals surface area contributed by atoms with Crippen molar-refractivity contribution in [2.75, 3.05) is 5.32 Å². The Morgan fingerprint density at radius 2 is 2.16 bits per heavy atom. The summed E-state index contributed by atoms with van der Waals surface area (Å²) in [4.78, 5) is 38.8. The van der Waals surface area contributed by atoms with E-state index in [1.807, 2.05) is 0 Å². The van der Waals surface area contributed by atoms with E-state index >= 15 is 0 Å². The van der Waals surface area contributed by atoms with Gasteiger partial charge in [0.25, 0.3) is 5.56 Å². The largest absolute Gasteiger partial charge is 0.325 e. The second kappa shape index (κ2) is 5.34. The van der Waals surface area contributed by atoms with Crippen LogP contribution < -0.4 is 16.6 Å². The number of carbonyl (C=O) groups is 1. The first-order valence-electron chi connectivity index (χ1n) is 5.67. The number of rotatable bonds is 4. The maximum atomic E-state index is 11.6. The van der Waals surface area contributed by atoms with Gasteiger partial charge < -0.3 is 10.3 Å². The fourth-order valence-corrected chi connectivity index (χ4v) is 1.71. The molecule has 19 heavy (non-hydrogen) atoms. The summed E-state index contributed by atoms with van der Waals surface area (Å²) in [6.07, 6.45) is 3.43. The number of hydrogen-bond acceptors (Lipinski definition) is 4. The highest BCUT2D eigenvalue weighted by molar-refractivity contribution is 5.90. The van der Waals surface area contributed by atoms with Gasteiger partial charge in [0.2, 0.25) is 5.91 Å². The first-order chi connectivity index (χ1) is 9.06. The molecule has 0 aliphatic rings. The minimum absolute atomic E-state index is 0.140. The Hall–Kier alpha value is -2.64. The number of nitrogens with one attached hydrogen (secondary N) is 4. The van der Waals surface area contributed by atoms with E-state index in [2.05, 4.69) is 25.5 Å². The molecule has 8 nitrogen and oxygen atoms in total. The van der Waals surface area contributed by atoms with E-state index in [4.69, 9.17) is 0 Å². The molecular weight excluding hydrogens is 250 g/mol. The molecule has 8 heteroatoms. The van der Waals surface area contributed by atoms with Gasteiger partial charge in [0.15, 0.2) is 0 Å². The van der Waals surface area contributed by atoms with E-state index in [-0.39, 0.29) is 18.7 Å². The number of hydrogen-bond donors (Lipinski definition) is 4. The van der Waals surface area contributed by atoms with Gasteiger partial charge in [0.05, 0.1) is 11.9 Å². The first-order valence-corrected chi connectivity index (χ1v) is 5.67. The zero-order valence-corrected chi connectivity index (χ0v) is 10.2. The van der Waals surface area contributed by atoms with Crippen LogP contribution in [0.1, 0.15) is 17.7 Å². The van der Waals surface area contributed by atoms with E-state index < -0.39 is 11.2 Å². The van der Waals surface area contributed by atoms with Gasteiger partial charge in [-0.15, -0.1) is 0 Å². The lowest BCUT2D eigenvalue weighted by Gasteiger charge is -2.04. The lowest BCUT2D eigenvalue weighted by atomic mass is 10.1. The Kier molecular flexibility index (Phi) is 3.60. The van der Waals surface area contributed by atoms with E-state index in [9.17, 15) is 14.4 Å². The van der Waals surface area contributed by atoms with Crippen molar-refractivity contribution in [2.24, 2.45) is 0 Å². The second-order valence-electron chi connectivity index (χ2n) is 4.05. The minimum atomic E-state index is -0.547. The molecule has 0 spiro atoms. The molecule has 2 aromatic heterocycles. The van der Waals surface area contributed by atoms with Crippen LogP contribution in [0.3, 0.4) is 0 Å². The molecule has 0 saturated carbocycles. The summed E-state index contributed by atoms with van der Waals surface area (Å²) in [7, 11) is 0. The summed E-state index contributed by atoms with van der Waals surface area (Å²) in [6.45, 7) is 1.62. The van der Waals surface area contributed by atoms with E-state index in [1.165, 1.54) is 6.20 Å². The average Bonchev–Trinajstić information content (AvgIpc) is 2.80. The summed E-state index contributed by atoms with van der Waals surface area (Å²) >= 11 is 0. The second-order valence-corrected chi connectivity index (χ2v) is 4.05. The van der Waals surface area contributed by atoms with Crippen molar-refractivity contribution in [3.63, 3.8) is 0 Å². The van der Waals surface area contributed by atoms with Gasteiger partial charge in [0, 0.05) is 23.9 Å². The van der Waals surface area contributed by atoms with Crippen molar-refractivity contribution < 1.29 is 4.79 Å². The third kappa shape index (κ3) is 3.18. The van der Waals surface area contributed by atoms with Gasteiger partial charge >= 0.3 is 5.69 Å². The van der Waals surface area contributed by atoms with Crippen LogP contribution in [-0.2, 0) is 11.2 Å². The topological polar surface area (TPSA) is 124 Å². The number of amides is 1. The summed E-state index contributed by atoms with van der Waals surface area (Å²) in [5.74, 6) is -0.230. The molecule has 1 amide bonds. The predicted molar refractivity (Wildman–Crippen MR) is 68.0 cm³/mol. The molecule has 100 valence electrons. The molecule has 0 bridgehead atoms. The summed E-state index contributed by atoms with van der Waals surface area (Å²) in [5, 5.41) is 8.90. The van der Waals surface area contributed by atoms with Crippen molar-refractivity contribution in [1.82, 2.24) is 20.2 Å². The Morgan fingerprint density at radius 3 is 2.79 bits per heavy atom. The van der Waals surface area contributed by atoms with Crippen molar-refractivity contribution >= 4 is 11.6 Å². The van der Waals surface area contributed by atoms with Crippen LogP contribution in [0.4, 0.5) is 5.69 Å². The molecule has 0 aliphatic carbocycles. The quantitative estimate of drug-likeness (QED) is 0.602. The Balaban J connectivity index is 2.01. The smallest absolute Gasteiger partial charge is 0.323 e. The van der Waals surface area contributed by atoms with Crippen LogP contribution in [0.15, 0.2) is 22.0 Å². The minimum Gasteiger partial charge on any atom is -0.323 e. The average molecular weight is 263 g/mol. The molecule has 0 atom stereocenters. The fraction of sp³-hybridized carbons (Fsp3) is 0.273. The zero-order chi connectivity index (χ0) is 13.8. The Morgan fingerprint density at radius 1 is 1.37 bits per heavy atom.